The van der Waals surface area contributed by atoms with Gasteiger partial charge in [0.15, 0.2) is 0 Å². The van der Waals surface area contributed by atoms with Crippen LogP contribution in [0.25, 0.3) is 0 Å². The summed E-state index contributed by atoms with van der Waals surface area (Å²) in [7, 11) is 0. The number of alkyl halides is 1. The minimum absolute atomic E-state index is 0.483. The fourth-order valence-corrected chi connectivity index (χ4v) is 2.51. The normalized spacial score (nSPS) is 25.5. The van der Waals surface area contributed by atoms with Gasteiger partial charge < -0.3 is 5.32 Å². The lowest BCUT2D eigenvalue weighted by atomic mass is 10.1. The van der Waals surface area contributed by atoms with Gasteiger partial charge in [-0.3, -0.25) is 0 Å². The van der Waals surface area contributed by atoms with Gasteiger partial charge >= 0.3 is 0 Å². The second-order valence-electron chi connectivity index (χ2n) is 4.09. The largest absolute Gasteiger partial charge is 0.367 e. The van der Waals surface area contributed by atoms with Crippen molar-refractivity contribution in [2.45, 2.75) is 32.2 Å². The summed E-state index contributed by atoms with van der Waals surface area (Å²) < 4.78 is 0. The van der Waals surface area contributed by atoms with Crippen LogP contribution < -0.4 is 5.32 Å². The third kappa shape index (κ3) is 2.59. The molecule has 1 saturated carbocycles. The smallest absolute Gasteiger partial charge is 0.129 e. The van der Waals surface area contributed by atoms with Gasteiger partial charge in [-0.25, -0.2) is 9.97 Å². The van der Waals surface area contributed by atoms with Crippen LogP contribution in [0.1, 0.15) is 25.1 Å². The predicted octanol–water partition coefficient (Wildman–Crippen LogP) is 2.60. The van der Waals surface area contributed by atoms with Crippen molar-refractivity contribution in [3.63, 3.8) is 0 Å². The summed E-state index contributed by atoms with van der Waals surface area (Å²) in [6.07, 6.45) is 5.47. The number of nitrogens with zero attached hydrogens (tertiary/aromatic N) is 2. The molecule has 0 saturated heterocycles. The number of anilines is 1. The zero-order valence-electron chi connectivity index (χ0n) is 8.91. The molecule has 1 N–H and O–H groups in total. The van der Waals surface area contributed by atoms with E-state index in [1.165, 1.54) is 19.3 Å². The van der Waals surface area contributed by atoms with Crippen LogP contribution in [0.2, 0.25) is 0 Å². The number of halogens is 1. The summed E-state index contributed by atoms with van der Waals surface area (Å²) in [5.74, 6) is 3.05. The van der Waals surface area contributed by atoms with Crippen molar-refractivity contribution >= 4 is 17.4 Å². The van der Waals surface area contributed by atoms with Crippen LogP contribution in [0.5, 0.6) is 0 Å². The highest BCUT2D eigenvalue weighted by Gasteiger charge is 2.26. The van der Waals surface area contributed by atoms with Gasteiger partial charge in [0, 0.05) is 18.1 Å². The lowest BCUT2D eigenvalue weighted by Gasteiger charge is -2.19. The van der Waals surface area contributed by atoms with E-state index < -0.39 is 0 Å². The Balaban J connectivity index is 2.02. The van der Waals surface area contributed by atoms with Crippen LogP contribution in [-0.2, 0) is 0 Å². The molecule has 15 heavy (non-hydrogen) atoms. The van der Waals surface area contributed by atoms with E-state index in [2.05, 4.69) is 15.3 Å². The third-order valence-corrected chi connectivity index (χ3v) is 3.36. The molecule has 1 aliphatic carbocycles. The van der Waals surface area contributed by atoms with Crippen molar-refractivity contribution in [2.75, 3.05) is 11.2 Å². The van der Waals surface area contributed by atoms with Crippen LogP contribution in [0.4, 0.5) is 5.82 Å². The third-order valence-electron chi connectivity index (χ3n) is 2.97. The Morgan fingerprint density at radius 1 is 1.53 bits per heavy atom. The van der Waals surface area contributed by atoms with E-state index in [0.29, 0.717) is 12.0 Å². The molecule has 1 heterocycles. The van der Waals surface area contributed by atoms with E-state index in [4.69, 9.17) is 11.6 Å². The van der Waals surface area contributed by atoms with Crippen LogP contribution >= 0.6 is 11.6 Å². The van der Waals surface area contributed by atoms with Gasteiger partial charge in [0.05, 0.1) is 0 Å². The van der Waals surface area contributed by atoms with E-state index in [0.717, 1.165) is 17.5 Å². The highest BCUT2D eigenvalue weighted by molar-refractivity contribution is 6.18. The van der Waals surface area contributed by atoms with Crippen LogP contribution in [0.15, 0.2) is 12.3 Å². The van der Waals surface area contributed by atoms with E-state index in [9.17, 15) is 0 Å². The molecule has 3 nitrogen and oxygen atoms in total. The molecule has 0 aromatic carbocycles. The maximum Gasteiger partial charge on any atom is 0.129 e. The van der Waals surface area contributed by atoms with Crippen molar-refractivity contribution in [3.8, 4) is 0 Å². The molecular formula is C11H16ClN3. The standard InChI is InChI=1S/C11H16ClN3/c1-8-13-6-5-11(14-8)15-10-4-2-3-9(10)7-12/h5-6,9-10H,2-4,7H2,1H3,(H,13,14,15). The van der Waals surface area contributed by atoms with E-state index in [-0.39, 0.29) is 0 Å². The van der Waals surface area contributed by atoms with Crippen LogP contribution in [0.3, 0.4) is 0 Å². The number of aromatic nitrogens is 2. The minimum Gasteiger partial charge on any atom is -0.367 e. The van der Waals surface area contributed by atoms with Gasteiger partial charge in [-0.05, 0) is 31.7 Å². The summed E-state index contributed by atoms with van der Waals surface area (Å²) >= 11 is 5.93. The minimum atomic E-state index is 0.483. The Labute approximate surface area is 95.3 Å². The van der Waals surface area contributed by atoms with Crippen LogP contribution in [-0.4, -0.2) is 21.9 Å². The maximum atomic E-state index is 5.93. The first-order valence-electron chi connectivity index (χ1n) is 5.42. The first-order chi connectivity index (χ1) is 7.29. The Morgan fingerprint density at radius 2 is 2.40 bits per heavy atom. The molecule has 0 spiro atoms. The predicted molar refractivity (Wildman–Crippen MR) is 62.2 cm³/mol. The van der Waals surface area contributed by atoms with Gasteiger partial charge in [0.25, 0.3) is 0 Å². The second kappa shape index (κ2) is 4.79. The summed E-state index contributed by atoms with van der Waals surface area (Å²) in [5.41, 5.74) is 0. The van der Waals surface area contributed by atoms with Gasteiger partial charge in [-0.1, -0.05) is 6.42 Å². The molecule has 1 aromatic heterocycles. The van der Waals surface area contributed by atoms with Crippen molar-refractivity contribution in [1.82, 2.24) is 9.97 Å². The summed E-state index contributed by atoms with van der Waals surface area (Å²) in [5, 5.41) is 3.45. The second-order valence-corrected chi connectivity index (χ2v) is 4.39. The number of hydrogen-bond donors (Lipinski definition) is 1. The highest BCUT2D eigenvalue weighted by atomic mass is 35.5. The van der Waals surface area contributed by atoms with E-state index in [1.54, 1.807) is 6.20 Å². The van der Waals surface area contributed by atoms with E-state index >= 15 is 0 Å². The molecule has 4 heteroatoms. The maximum absolute atomic E-state index is 5.93. The highest BCUT2D eigenvalue weighted by Crippen LogP contribution is 2.28. The molecular weight excluding hydrogens is 210 g/mol. The van der Waals surface area contributed by atoms with Crippen LogP contribution in [0, 0.1) is 12.8 Å². The number of hydrogen-bond acceptors (Lipinski definition) is 3. The summed E-state index contributed by atoms with van der Waals surface area (Å²) in [4.78, 5) is 8.42. The SMILES string of the molecule is Cc1nccc(NC2CCCC2CCl)n1. The monoisotopic (exact) mass is 225 g/mol. The Hall–Kier alpha value is -0.830. The quantitative estimate of drug-likeness (QED) is 0.804. The average molecular weight is 226 g/mol. The molecule has 2 unspecified atom stereocenters. The molecule has 0 aliphatic heterocycles. The molecule has 0 amide bonds. The average Bonchev–Trinajstić information content (AvgIpc) is 2.65. The van der Waals surface area contributed by atoms with Gasteiger partial charge in [-0.2, -0.15) is 0 Å². The molecule has 82 valence electrons. The first kappa shape index (κ1) is 10.7. The molecule has 1 aliphatic rings. The Bertz CT molecular complexity index is 329. The molecule has 1 fully saturated rings. The number of rotatable bonds is 3. The lowest BCUT2D eigenvalue weighted by Crippen LogP contribution is -2.25. The molecule has 0 bridgehead atoms. The zero-order valence-corrected chi connectivity index (χ0v) is 9.67. The topological polar surface area (TPSA) is 37.8 Å². The molecule has 2 atom stereocenters. The fraction of sp³-hybridized carbons (Fsp3) is 0.636. The summed E-state index contributed by atoms with van der Waals surface area (Å²) in [6, 6.07) is 2.40. The van der Waals surface area contributed by atoms with Crippen molar-refractivity contribution < 1.29 is 0 Å². The fourth-order valence-electron chi connectivity index (χ4n) is 2.14. The number of nitrogens with one attached hydrogen (secondary N) is 1. The van der Waals surface area contributed by atoms with Gasteiger partial charge in [0.2, 0.25) is 0 Å². The molecule has 2 rings (SSSR count). The van der Waals surface area contributed by atoms with Crippen molar-refractivity contribution in [1.29, 1.82) is 0 Å². The number of aryl methyl sites for hydroxylation is 1. The zero-order chi connectivity index (χ0) is 10.7. The van der Waals surface area contributed by atoms with Crippen molar-refractivity contribution in [3.05, 3.63) is 18.1 Å². The van der Waals surface area contributed by atoms with Crippen molar-refractivity contribution in [2.24, 2.45) is 5.92 Å². The van der Waals surface area contributed by atoms with E-state index in [1.807, 2.05) is 13.0 Å². The van der Waals surface area contributed by atoms with Gasteiger partial charge in [-0.15, -0.1) is 11.6 Å². The lowest BCUT2D eigenvalue weighted by molar-refractivity contribution is 0.561. The Kier molecular flexibility index (Phi) is 3.41. The Morgan fingerprint density at radius 3 is 3.13 bits per heavy atom. The van der Waals surface area contributed by atoms with Gasteiger partial charge in [0.1, 0.15) is 11.6 Å². The molecule has 0 radical (unpaired) electrons. The first-order valence-corrected chi connectivity index (χ1v) is 5.95. The molecule has 1 aromatic rings. The summed E-state index contributed by atoms with van der Waals surface area (Å²) in [6.45, 7) is 1.90.